The maximum absolute atomic E-state index is 9.11. The van der Waals surface area contributed by atoms with Crippen LogP contribution < -0.4 is 4.74 Å². The molecule has 0 atom stereocenters. The molecule has 2 rings (SSSR count). The highest BCUT2D eigenvalue weighted by molar-refractivity contribution is 5.33. The third-order valence-electron chi connectivity index (χ3n) is 3.55. The van der Waals surface area contributed by atoms with Crippen molar-refractivity contribution in [1.29, 1.82) is 0 Å². The number of hydrogen-bond donors (Lipinski definition) is 1. The van der Waals surface area contributed by atoms with E-state index >= 15 is 0 Å². The minimum Gasteiger partial charge on any atom is -0.496 e. The second-order valence-corrected chi connectivity index (χ2v) is 4.71. The summed E-state index contributed by atoms with van der Waals surface area (Å²) >= 11 is 0. The predicted molar refractivity (Wildman–Crippen MR) is 68.1 cm³/mol. The Bertz CT molecular complexity index is 346. The minimum absolute atomic E-state index is 0.336. The first-order valence-electron chi connectivity index (χ1n) is 6.28. The van der Waals surface area contributed by atoms with Crippen molar-refractivity contribution in [3.8, 4) is 5.75 Å². The topological polar surface area (TPSA) is 32.7 Å². The minimum atomic E-state index is 0.336. The van der Waals surface area contributed by atoms with Crippen LogP contribution in [0.15, 0.2) is 24.3 Å². The molecule has 1 N–H and O–H groups in total. The van der Waals surface area contributed by atoms with E-state index in [9.17, 15) is 0 Å². The van der Waals surface area contributed by atoms with Crippen molar-refractivity contribution in [2.75, 3.05) is 26.8 Å². The van der Waals surface area contributed by atoms with Gasteiger partial charge in [-0.3, -0.25) is 4.90 Å². The molecule has 0 aliphatic carbocycles. The fourth-order valence-electron chi connectivity index (χ4n) is 2.40. The first-order chi connectivity index (χ1) is 8.33. The Labute approximate surface area is 103 Å². The number of rotatable bonds is 4. The molecule has 1 saturated heterocycles. The van der Waals surface area contributed by atoms with Gasteiger partial charge in [0.1, 0.15) is 5.75 Å². The summed E-state index contributed by atoms with van der Waals surface area (Å²) in [5.74, 6) is 1.47. The van der Waals surface area contributed by atoms with Gasteiger partial charge in [-0.15, -0.1) is 0 Å². The number of likely N-dealkylation sites (tertiary alicyclic amines) is 1. The maximum Gasteiger partial charge on any atom is 0.123 e. The van der Waals surface area contributed by atoms with E-state index in [-0.39, 0.29) is 0 Å². The summed E-state index contributed by atoms with van der Waals surface area (Å²) in [6, 6.07) is 8.19. The van der Waals surface area contributed by atoms with E-state index in [1.54, 1.807) is 7.11 Å². The van der Waals surface area contributed by atoms with Crippen LogP contribution in [0.5, 0.6) is 5.75 Å². The van der Waals surface area contributed by atoms with Gasteiger partial charge >= 0.3 is 0 Å². The number of aliphatic hydroxyl groups excluding tert-OH is 1. The fraction of sp³-hybridized carbons (Fsp3) is 0.571. The molecule has 1 aromatic carbocycles. The smallest absolute Gasteiger partial charge is 0.123 e. The van der Waals surface area contributed by atoms with Gasteiger partial charge in [0.05, 0.1) is 7.11 Å². The van der Waals surface area contributed by atoms with Gasteiger partial charge in [-0.05, 0) is 37.9 Å². The summed E-state index contributed by atoms with van der Waals surface area (Å²) < 4.78 is 5.36. The summed E-state index contributed by atoms with van der Waals surface area (Å²) in [4.78, 5) is 2.43. The molecule has 3 heteroatoms. The van der Waals surface area contributed by atoms with Crippen LogP contribution in [-0.4, -0.2) is 36.8 Å². The fourth-order valence-corrected chi connectivity index (χ4v) is 2.40. The lowest BCUT2D eigenvalue weighted by molar-refractivity contribution is 0.127. The molecule has 1 aliphatic rings. The number of benzene rings is 1. The molecule has 0 bridgehead atoms. The largest absolute Gasteiger partial charge is 0.496 e. The zero-order chi connectivity index (χ0) is 12.1. The van der Waals surface area contributed by atoms with Crippen LogP contribution in [0.3, 0.4) is 0 Å². The van der Waals surface area contributed by atoms with Crippen molar-refractivity contribution < 1.29 is 9.84 Å². The van der Waals surface area contributed by atoms with Crippen LogP contribution >= 0.6 is 0 Å². The average Bonchev–Trinajstić information content (AvgIpc) is 2.40. The van der Waals surface area contributed by atoms with Crippen LogP contribution in [0.4, 0.5) is 0 Å². The van der Waals surface area contributed by atoms with Crippen LogP contribution in [-0.2, 0) is 6.54 Å². The van der Waals surface area contributed by atoms with Crippen LogP contribution in [0.1, 0.15) is 18.4 Å². The Morgan fingerprint density at radius 2 is 2.00 bits per heavy atom. The molecule has 3 nitrogen and oxygen atoms in total. The Morgan fingerprint density at radius 1 is 1.29 bits per heavy atom. The van der Waals surface area contributed by atoms with E-state index in [1.807, 2.05) is 12.1 Å². The first kappa shape index (κ1) is 12.4. The van der Waals surface area contributed by atoms with Crippen molar-refractivity contribution in [2.45, 2.75) is 19.4 Å². The van der Waals surface area contributed by atoms with E-state index in [0.29, 0.717) is 12.5 Å². The molecular weight excluding hydrogens is 214 g/mol. The molecule has 1 fully saturated rings. The number of aliphatic hydroxyl groups is 1. The van der Waals surface area contributed by atoms with E-state index in [0.717, 1.165) is 38.2 Å². The highest BCUT2D eigenvalue weighted by atomic mass is 16.5. The Balaban J connectivity index is 1.93. The zero-order valence-electron chi connectivity index (χ0n) is 10.4. The summed E-state index contributed by atoms with van der Waals surface area (Å²) in [6.45, 7) is 3.43. The van der Waals surface area contributed by atoms with Crippen LogP contribution in [0.2, 0.25) is 0 Å². The number of hydrogen-bond acceptors (Lipinski definition) is 3. The molecule has 17 heavy (non-hydrogen) atoms. The molecule has 1 heterocycles. The van der Waals surface area contributed by atoms with Crippen molar-refractivity contribution in [1.82, 2.24) is 4.90 Å². The third-order valence-corrected chi connectivity index (χ3v) is 3.55. The lowest BCUT2D eigenvalue weighted by atomic mass is 9.97. The molecule has 0 spiro atoms. The van der Waals surface area contributed by atoms with Crippen molar-refractivity contribution in [3.63, 3.8) is 0 Å². The van der Waals surface area contributed by atoms with Gasteiger partial charge in [-0.25, -0.2) is 0 Å². The summed E-state index contributed by atoms with van der Waals surface area (Å²) in [7, 11) is 1.72. The molecular formula is C14H21NO2. The Morgan fingerprint density at radius 3 is 2.65 bits per heavy atom. The van der Waals surface area contributed by atoms with Crippen molar-refractivity contribution in [3.05, 3.63) is 29.8 Å². The van der Waals surface area contributed by atoms with Gasteiger partial charge in [0.2, 0.25) is 0 Å². The number of methoxy groups -OCH3 is 1. The number of para-hydroxylation sites is 1. The number of nitrogens with zero attached hydrogens (tertiary/aromatic N) is 1. The Hall–Kier alpha value is -1.06. The quantitative estimate of drug-likeness (QED) is 0.865. The van der Waals surface area contributed by atoms with Gasteiger partial charge in [0.25, 0.3) is 0 Å². The number of piperidine rings is 1. The molecule has 0 unspecified atom stereocenters. The molecule has 0 radical (unpaired) electrons. The predicted octanol–water partition coefficient (Wildman–Crippen LogP) is 1.90. The normalized spacial score (nSPS) is 18.2. The van der Waals surface area contributed by atoms with Crippen molar-refractivity contribution >= 4 is 0 Å². The standard InChI is InChI=1S/C14H21NO2/c1-17-14-5-3-2-4-13(14)10-15-8-6-12(11-16)7-9-15/h2-5,12,16H,6-11H2,1H3. The second kappa shape index (κ2) is 6.03. The SMILES string of the molecule is COc1ccccc1CN1CCC(CO)CC1. The highest BCUT2D eigenvalue weighted by Crippen LogP contribution is 2.23. The van der Waals surface area contributed by atoms with E-state index in [1.165, 1.54) is 5.56 Å². The summed E-state index contributed by atoms with van der Waals surface area (Å²) in [6.07, 6.45) is 2.21. The third kappa shape index (κ3) is 3.20. The zero-order valence-corrected chi connectivity index (χ0v) is 10.4. The lowest BCUT2D eigenvalue weighted by Crippen LogP contribution is -2.34. The first-order valence-corrected chi connectivity index (χ1v) is 6.28. The molecule has 0 amide bonds. The monoisotopic (exact) mass is 235 g/mol. The maximum atomic E-state index is 9.11. The molecule has 0 saturated carbocycles. The molecule has 0 aromatic heterocycles. The second-order valence-electron chi connectivity index (χ2n) is 4.71. The van der Waals surface area contributed by atoms with Crippen LogP contribution in [0, 0.1) is 5.92 Å². The van der Waals surface area contributed by atoms with E-state index < -0.39 is 0 Å². The summed E-state index contributed by atoms with van der Waals surface area (Å²) in [5.41, 5.74) is 1.25. The summed E-state index contributed by atoms with van der Waals surface area (Å²) in [5, 5.41) is 9.11. The Kier molecular flexibility index (Phi) is 4.40. The van der Waals surface area contributed by atoms with Gasteiger partial charge in [-0.1, -0.05) is 18.2 Å². The van der Waals surface area contributed by atoms with Gasteiger partial charge in [-0.2, -0.15) is 0 Å². The van der Waals surface area contributed by atoms with E-state index in [4.69, 9.17) is 9.84 Å². The van der Waals surface area contributed by atoms with Crippen molar-refractivity contribution in [2.24, 2.45) is 5.92 Å². The van der Waals surface area contributed by atoms with Gasteiger partial charge < -0.3 is 9.84 Å². The van der Waals surface area contributed by atoms with Crippen LogP contribution in [0.25, 0.3) is 0 Å². The lowest BCUT2D eigenvalue weighted by Gasteiger charge is -2.31. The van der Waals surface area contributed by atoms with Gasteiger partial charge in [0.15, 0.2) is 0 Å². The highest BCUT2D eigenvalue weighted by Gasteiger charge is 2.19. The number of ether oxygens (including phenoxy) is 1. The van der Waals surface area contributed by atoms with Gasteiger partial charge in [0, 0.05) is 18.7 Å². The molecule has 1 aliphatic heterocycles. The molecule has 1 aromatic rings. The average molecular weight is 235 g/mol. The van der Waals surface area contributed by atoms with E-state index in [2.05, 4.69) is 17.0 Å². The molecule has 94 valence electrons.